The third-order valence-electron chi connectivity index (χ3n) is 7.58. The summed E-state index contributed by atoms with van der Waals surface area (Å²) in [6.45, 7) is 1.59. The summed E-state index contributed by atoms with van der Waals surface area (Å²) < 4.78 is 25.6. The predicted octanol–water partition coefficient (Wildman–Crippen LogP) is 3.87. The third kappa shape index (κ3) is 4.02. The molecule has 10 heteroatoms. The molecule has 1 N–H and O–H groups in total. The van der Waals surface area contributed by atoms with E-state index in [-0.39, 0.29) is 12.5 Å². The number of terminal acetylenes is 1. The second-order valence-corrected chi connectivity index (χ2v) is 10.2. The van der Waals surface area contributed by atoms with Crippen LogP contribution in [0.2, 0.25) is 0 Å². The van der Waals surface area contributed by atoms with Crippen molar-refractivity contribution in [2.45, 2.75) is 31.8 Å². The summed E-state index contributed by atoms with van der Waals surface area (Å²) >= 11 is 0. The van der Waals surface area contributed by atoms with Crippen molar-refractivity contribution in [3.63, 3.8) is 0 Å². The van der Waals surface area contributed by atoms with Gasteiger partial charge in [0, 0.05) is 31.9 Å². The van der Waals surface area contributed by atoms with Crippen LogP contribution >= 0.6 is 0 Å². The van der Waals surface area contributed by atoms with E-state index in [0.717, 1.165) is 40.3 Å². The summed E-state index contributed by atoms with van der Waals surface area (Å²) in [4.78, 5) is 25.8. The minimum absolute atomic E-state index is 0.105. The molecule has 2 aliphatic rings. The lowest BCUT2D eigenvalue weighted by Crippen LogP contribution is -2.32. The van der Waals surface area contributed by atoms with Crippen molar-refractivity contribution in [2.75, 3.05) is 13.2 Å². The number of carbonyl (C=O) groups excluding carboxylic acids is 1. The fourth-order valence-electron chi connectivity index (χ4n) is 5.37. The number of halogens is 1. The SMILES string of the molecule is C#C[C@H](COc1cccc2cc(-c3nc4cc5c(nc4n3C)CCNC5=O)n(CC3CC3)c12)n1cnc(F)c1. The highest BCUT2D eigenvalue weighted by atomic mass is 19.1. The Balaban J connectivity index is 1.32. The molecule has 1 aliphatic heterocycles. The van der Waals surface area contributed by atoms with Crippen molar-refractivity contribution in [1.82, 2.24) is 34.0 Å². The number of benzene rings is 1. The van der Waals surface area contributed by atoms with E-state index in [1.54, 1.807) is 0 Å². The molecule has 5 heterocycles. The van der Waals surface area contributed by atoms with Gasteiger partial charge in [0.05, 0.1) is 35.0 Å². The molecule has 1 aromatic carbocycles. The van der Waals surface area contributed by atoms with E-state index >= 15 is 0 Å². The molecule has 1 aliphatic carbocycles. The highest BCUT2D eigenvalue weighted by Gasteiger charge is 2.28. The van der Waals surface area contributed by atoms with Gasteiger partial charge in [-0.25, -0.2) is 15.0 Å². The number of fused-ring (bicyclic) bond motifs is 3. The predicted molar refractivity (Wildman–Crippen MR) is 144 cm³/mol. The van der Waals surface area contributed by atoms with E-state index < -0.39 is 12.0 Å². The average molecular weight is 524 g/mol. The minimum Gasteiger partial charge on any atom is -0.488 e. The van der Waals surface area contributed by atoms with E-state index in [0.29, 0.717) is 35.7 Å². The van der Waals surface area contributed by atoms with Crippen LogP contribution in [0.5, 0.6) is 5.75 Å². The van der Waals surface area contributed by atoms with Gasteiger partial charge in [0.1, 0.15) is 23.9 Å². The second kappa shape index (κ2) is 8.98. The van der Waals surface area contributed by atoms with Gasteiger partial charge in [-0.3, -0.25) is 4.79 Å². The number of pyridine rings is 1. The molecular formula is C29H26FN7O2. The Morgan fingerprint density at radius 3 is 2.92 bits per heavy atom. The van der Waals surface area contributed by atoms with Crippen molar-refractivity contribution < 1.29 is 13.9 Å². The lowest BCUT2D eigenvalue weighted by Gasteiger charge is -2.16. The quantitative estimate of drug-likeness (QED) is 0.327. The molecule has 7 rings (SSSR count). The van der Waals surface area contributed by atoms with Gasteiger partial charge in [-0.05, 0) is 37.0 Å². The third-order valence-corrected chi connectivity index (χ3v) is 7.58. The summed E-state index contributed by atoms with van der Waals surface area (Å²) in [6, 6.07) is 9.41. The van der Waals surface area contributed by atoms with Gasteiger partial charge in [-0.15, -0.1) is 6.42 Å². The molecule has 0 radical (unpaired) electrons. The van der Waals surface area contributed by atoms with Crippen molar-refractivity contribution in [3.8, 4) is 29.6 Å². The molecule has 4 aromatic heterocycles. The topological polar surface area (TPSA) is 91.8 Å². The number of para-hydroxylation sites is 1. The molecule has 0 unspecified atom stereocenters. The monoisotopic (exact) mass is 523 g/mol. The van der Waals surface area contributed by atoms with Crippen LogP contribution in [0.3, 0.4) is 0 Å². The summed E-state index contributed by atoms with van der Waals surface area (Å²) in [6.07, 6.45) is 11.4. The summed E-state index contributed by atoms with van der Waals surface area (Å²) in [5, 5.41) is 3.91. The van der Waals surface area contributed by atoms with Gasteiger partial charge in [0.15, 0.2) is 11.5 Å². The van der Waals surface area contributed by atoms with Gasteiger partial charge in [0.2, 0.25) is 5.95 Å². The first-order valence-electron chi connectivity index (χ1n) is 13.0. The van der Waals surface area contributed by atoms with E-state index in [1.165, 1.54) is 29.9 Å². The van der Waals surface area contributed by atoms with Crippen LogP contribution in [0.1, 0.15) is 34.9 Å². The van der Waals surface area contributed by atoms with Crippen LogP contribution in [0.15, 0.2) is 42.9 Å². The standard InChI is InChI=1S/C29H26FN7O2/c1-3-19(36-14-25(30)32-16-36)15-39-24-6-4-5-18-11-23(37(26(18)24)13-17-7-8-17)28-34-22-12-20-21(9-10-31-29(20)38)33-27(22)35(28)2/h1,4-6,11-12,14,16-17,19H,7-10,13,15H2,2H3,(H,31,38)/t19-/m1/s1. The Hall–Kier alpha value is -4.65. The molecule has 39 heavy (non-hydrogen) atoms. The number of nitrogens with zero attached hydrogens (tertiary/aromatic N) is 6. The first-order chi connectivity index (χ1) is 19.0. The van der Waals surface area contributed by atoms with Gasteiger partial charge < -0.3 is 23.8 Å². The summed E-state index contributed by atoms with van der Waals surface area (Å²) in [7, 11) is 1.96. The largest absolute Gasteiger partial charge is 0.488 e. The molecule has 1 atom stereocenters. The molecule has 1 fully saturated rings. The molecule has 1 saturated carbocycles. The molecule has 1 amide bonds. The Morgan fingerprint density at radius 2 is 2.15 bits per heavy atom. The number of hydrogen-bond donors (Lipinski definition) is 1. The number of carbonyl (C=O) groups is 1. The number of amides is 1. The number of imidazole rings is 2. The van der Waals surface area contributed by atoms with Crippen LogP contribution in [0, 0.1) is 24.2 Å². The molecule has 9 nitrogen and oxygen atoms in total. The van der Waals surface area contributed by atoms with Gasteiger partial charge in [0.25, 0.3) is 5.91 Å². The fourth-order valence-corrected chi connectivity index (χ4v) is 5.37. The van der Waals surface area contributed by atoms with E-state index in [1.807, 2.05) is 29.8 Å². The zero-order valence-corrected chi connectivity index (χ0v) is 21.4. The van der Waals surface area contributed by atoms with E-state index in [9.17, 15) is 9.18 Å². The van der Waals surface area contributed by atoms with Gasteiger partial charge in [-0.1, -0.05) is 18.1 Å². The Morgan fingerprint density at radius 1 is 1.28 bits per heavy atom. The molecule has 0 spiro atoms. The van der Waals surface area contributed by atoms with Crippen molar-refractivity contribution in [2.24, 2.45) is 13.0 Å². The number of rotatable bonds is 7. The number of aromatic nitrogens is 6. The minimum atomic E-state index is -0.585. The molecule has 196 valence electrons. The van der Waals surface area contributed by atoms with Crippen LogP contribution in [0.25, 0.3) is 33.6 Å². The Labute approximate surface area is 223 Å². The summed E-state index contributed by atoms with van der Waals surface area (Å²) in [5.74, 6) is 4.03. The van der Waals surface area contributed by atoms with E-state index in [2.05, 4.69) is 32.9 Å². The summed E-state index contributed by atoms with van der Waals surface area (Å²) in [5.41, 5.74) is 4.76. The smallest absolute Gasteiger partial charge is 0.253 e. The highest BCUT2D eigenvalue weighted by molar-refractivity contribution is 5.99. The number of nitrogens with one attached hydrogen (secondary N) is 1. The highest BCUT2D eigenvalue weighted by Crippen LogP contribution is 2.39. The van der Waals surface area contributed by atoms with E-state index in [4.69, 9.17) is 21.1 Å². The van der Waals surface area contributed by atoms with Gasteiger partial charge in [-0.2, -0.15) is 4.39 Å². The molecular weight excluding hydrogens is 497 g/mol. The van der Waals surface area contributed by atoms with Crippen molar-refractivity contribution >= 4 is 28.0 Å². The average Bonchev–Trinajstić information content (AvgIpc) is 3.40. The zero-order chi connectivity index (χ0) is 26.7. The Kier molecular flexibility index (Phi) is 5.40. The van der Waals surface area contributed by atoms with Gasteiger partial charge >= 0.3 is 0 Å². The Bertz CT molecular complexity index is 1800. The first-order valence-corrected chi connectivity index (χ1v) is 13.0. The molecule has 5 aromatic rings. The lowest BCUT2D eigenvalue weighted by molar-refractivity contribution is 0.0945. The second-order valence-electron chi connectivity index (χ2n) is 10.2. The maximum atomic E-state index is 13.5. The first kappa shape index (κ1) is 23.5. The molecule has 0 saturated heterocycles. The maximum absolute atomic E-state index is 13.5. The number of aryl methyl sites for hydroxylation is 1. The lowest BCUT2D eigenvalue weighted by atomic mass is 10.1. The number of hydrogen-bond acceptors (Lipinski definition) is 5. The van der Waals surface area contributed by atoms with Crippen LogP contribution in [0.4, 0.5) is 4.39 Å². The van der Waals surface area contributed by atoms with Crippen molar-refractivity contribution in [3.05, 3.63) is 60.1 Å². The fraction of sp³-hybridized carbons (Fsp3) is 0.310. The van der Waals surface area contributed by atoms with Crippen LogP contribution in [-0.2, 0) is 20.0 Å². The molecule has 0 bridgehead atoms. The number of ether oxygens (including phenoxy) is 1. The maximum Gasteiger partial charge on any atom is 0.253 e. The van der Waals surface area contributed by atoms with Crippen LogP contribution in [-0.4, -0.2) is 47.7 Å². The van der Waals surface area contributed by atoms with Crippen molar-refractivity contribution in [1.29, 1.82) is 0 Å². The normalized spacial score (nSPS) is 15.8. The van der Waals surface area contributed by atoms with Crippen LogP contribution < -0.4 is 10.1 Å². The zero-order valence-electron chi connectivity index (χ0n) is 21.4.